The van der Waals surface area contributed by atoms with E-state index in [0.29, 0.717) is 0 Å². The summed E-state index contributed by atoms with van der Waals surface area (Å²) in [7, 11) is 0. The van der Waals surface area contributed by atoms with E-state index in [1.807, 2.05) is 80.6 Å². The molecular weight excluding hydrogens is 334 g/mol. The molecule has 3 heteroatoms. The van der Waals surface area contributed by atoms with Crippen molar-refractivity contribution in [2.45, 2.75) is 13.8 Å². The van der Waals surface area contributed by atoms with Gasteiger partial charge in [0.1, 0.15) is 5.75 Å². The van der Waals surface area contributed by atoms with Crippen molar-refractivity contribution in [3.63, 3.8) is 0 Å². The molecular formula is C24H21NO2. The molecule has 2 N–H and O–H groups in total. The van der Waals surface area contributed by atoms with Gasteiger partial charge < -0.3 is 10.4 Å². The summed E-state index contributed by atoms with van der Waals surface area (Å²) in [5.41, 5.74) is 2.44. The van der Waals surface area contributed by atoms with Gasteiger partial charge in [-0.2, -0.15) is 0 Å². The second-order valence-electron chi connectivity index (χ2n) is 7.03. The van der Waals surface area contributed by atoms with Crippen LogP contribution in [0.15, 0.2) is 72.8 Å². The molecule has 1 amide bonds. The fourth-order valence-corrected chi connectivity index (χ4v) is 3.47. The maximum atomic E-state index is 12.3. The molecule has 0 heterocycles. The fourth-order valence-electron chi connectivity index (χ4n) is 3.47. The van der Waals surface area contributed by atoms with E-state index in [4.69, 9.17) is 0 Å². The lowest BCUT2D eigenvalue weighted by atomic mass is 9.92. The van der Waals surface area contributed by atoms with Crippen LogP contribution in [0.1, 0.15) is 13.8 Å². The molecule has 0 aliphatic rings. The number of benzene rings is 4. The zero-order valence-corrected chi connectivity index (χ0v) is 15.4. The van der Waals surface area contributed by atoms with Crippen molar-refractivity contribution in [1.82, 2.24) is 0 Å². The van der Waals surface area contributed by atoms with Gasteiger partial charge in [-0.15, -0.1) is 0 Å². The van der Waals surface area contributed by atoms with E-state index >= 15 is 0 Å². The molecule has 0 radical (unpaired) electrons. The van der Waals surface area contributed by atoms with Crippen molar-refractivity contribution in [2.24, 2.45) is 5.92 Å². The molecule has 27 heavy (non-hydrogen) atoms. The van der Waals surface area contributed by atoms with E-state index in [-0.39, 0.29) is 17.6 Å². The van der Waals surface area contributed by atoms with E-state index in [9.17, 15) is 9.90 Å². The molecule has 0 bridgehead atoms. The van der Waals surface area contributed by atoms with Crippen LogP contribution in [-0.2, 0) is 4.79 Å². The van der Waals surface area contributed by atoms with Gasteiger partial charge in [0, 0.05) is 22.6 Å². The van der Waals surface area contributed by atoms with Crippen LogP contribution in [-0.4, -0.2) is 11.0 Å². The van der Waals surface area contributed by atoms with Crippen LogP contribution >= 0.6 is 0 Å². The molecule has 0 atom stereocenters. The normalized spacial score (nSPS) is 11.2. The SMILES string of the molecule is CC(C)C(=O)Nc1cccc2cccc(-c3c(O)ccc4ccccc34)c12. The van der Waals surface area contributed by atoms with E-state index in [2.05, 4.69) is 5.32 Å². The molecule has 4 aromatic rings. The monoisotopic (exact) mass is 355 g/mol. The zero-order chi connectivity index (χ0) is 19.0. The summed E-state index contributed by atoms with van der Waals surface area (Å²) in [4.78, 5) is 12.3. The number of carbonyl (C=O) groups is 1. The lowest BCUT2D eigenvalue weighted by molar-refractivity contribution is -0.118. The first kappa shape index (κ1) is 17.1. The topological polar surface area (TPSA) is 49.3 Å². The van der Waals surface area contributed by atoms with Crippen molar-refractivity contribution >= 4 is 33.1 Å². The second kappa shape index (κ2) is 6.76. The van der Waals surface area contributed by atoms with Crippen LogP contribution in [0.2, 0.25) is 0 Å². The Balaban J connectivity index is 2.04. The second-order valence-corrected chi connectivity index (χ2v) is 7.03. The van der Waals surface area contributed by atoms with Gasteiger partial charge in [-0.05, 0) is 33.9 Å². The molecule has 0 unspecified atom stereocenters. The minimum absolute atomic E-state index is 0.0283. The van der Waals surface area contributed by atoms with E-state index < -0.39 is 0 Å². The number of anilines is 1. The highest BCUT2D eigenvalue weighted by Crippen LogP contribution is 2.42. The number of amides is 1. The van der Waals surface area contributed by atoms with Gasteiger partial charge in [-0.1, -0.05) is 74.5 Å². The van der Waals surface area contributed by atoms with Crippen molar-refractivity contribution in [3.8, 4) is 16.9 Å². The van der Waals surface area contributed by atoms with Gasteiger partial charge in [0.05, 0.1) is 0 Å². The van der Waals surface area contributed by atoms with E-state index in [1.165, 1.54) is 0 Å². The van der Waals surface area contributed by atoms with Crippen LogP contribution in [0.5, 0.6) is 5.75 Å². The van der Waals surface area contributed by atoms with E-state index in [0.717, 1.165) is 38.4 Å². The Labute approximate surface area is 158 Å². The summed E-state index contributed by atoms with van der Waals surface area (Å²) in [6.45, 7) is 3.75. The van der Waals surface area contributed by atoms with Crippen molar-refractivity contribution < 1.29 is 9.90 Å². The van der Waals surface area contributed by atoms with Gasteiger partial charge in [-0.25, -0.2) is 0 Å². The van der Waals surface area contributed by atoms with Crippen LogP contribution in [0.25, 0.3) is 32.7 Å². The maximum Gasteiger partial charge on any atom is 0.226 e. The van der Waals surface area contributed by atoms with Crippen LogP contribution < -0.4 is 5.32 Å². The molecule has 0 aliphatic heterocycles. The highest BCUT2D eigenvalue weighted by atomic mass is 16.3. The average molecular weight is 355 g/mol. The number of rotatable bonds is 3. The number of phenolic OH excluding ortho intramolecular Hbond substituents is 1. The standard InChI is InChI=1S/C24H21NO2/c1-15(2)24(27)25-20-12-6-9-17-8-5-11-19(22(17)20)23-18-10-4-3-7-16(18)13-14-21(23)26/h3-15,26H,1-2H3,(H,25,27). The third-order valence-corrected chi connectivity index (χ3v) is 4.86. The van der Waals surface area contributed by atoms with Gasteiger partial charge in [0.2, 0.25) is 5.91 Å². The Morgan fingerprint density at radius 1 is 0.852 bits per heavy atom. The lowest BCUT2D eigenvalue weighted by Crippen LogP contribution is -2.17. The molecule has 134 valence electrons. The number of aromatic hydroxyl groups is 1. The molecule has 4 rings (SSSR count). The molecule has 0 spiro atoms. The predicted molar refractivity (Wildman–Crippen MR) is 112 cm³/mol. The Morgan fingerprint density at radius 3 is 2.33 bits per heavy atom. The van der Waals surface area contributed by atoms with Gasteiger partial charge in [0.15, 0.2) is 0 Å². The Hall–Kier alpha value is -3.33. The minimum atomic E-state index is -0.113. The maximum absolute atomic E-state index is 12.3. The number of hydrogen-bond acceptors (Lipinski definition) is 2. The van der Waals surface area contributed by atoms with Crippen LogP contribution in [0, 0.1) is 5.92 Å². The minimum Gasteiger partial charge on any atom is -0.507 e. The van der Waals surface area contributed by atoms with Crippen molar-refractivity contribution in [1.29, 1.82) is 0 Å². The van der Waals surface area contributed by atoms with Gasteiger partial charge in [-0.3, -0.25) is 4.79 Å². The molecule has 0 fully saturated rings. The Kier molecular flexibility index (Phi) is 4.28. The number of nitrogens with one attached hydrogen (secondary N) is 1. The Bertz CT molecular complexity index is 1160. The molecule has 0 aliphatic carbocycles. The third kappa shape index (κ3) is 3.02. The number of carbonyl (C=O) groups excluding carboxylic acids is 1. The summed E-state index contributed by atoms with van der Waals surface area (Å²) in [5.74, 6) is 0.0870. The fraction of sp³-hybridized carbons (Fsp3) is 0.125. The molecule has 0 aromatic heterocycles. The summed E-state index contributed by atoms with van der Waals surface area (Å²) in [6.07, 6.45) is 0. The van der Waals surface area contributed by atoms with E-state index in [1.54, 1.807) is 6.07 Å². The third-order valence-electron chi connectivity index (χ3n) is 4.86. The predicted octanol–water partition coefficient (Wildman–Crippen LogP) is 5.96. The lowest BCUT2D eigenvalue weighted by Gasteiger charge is -2.16. The Morgan fingerprint density at radius 2 is 1.56 bits per heavy atom. The highest BCUT2D eigenvalue weighted by molar-refractivity contribution is 6.13. The zero-order valence-electron chi connectivity index (χ0n) is 15.4. The van der Waals surface area contributed by atoms with Crippen molar-refractivity contribution in [2.75, 3.05) is 5.32 Å². The summed E-state index contributed by atoms with van der Waals surface area (Å²) >= 11 is 0. The average Bonchev–Trinajstić information content (AvgIpc) is 2.67. The number of fused-ring (bicyclic) bond motifs is 2. The highest BCUT2D eigenvalue weighted by Gasteiger charge is 2.16. The van der Waals surface area contributed by atoms with Crippen LogP contribution in [0.4, 0.5) is 5.69 Å². The van der Waals surface area contributed by atoms with Gasteiger partial charge >= 0.3 is 0 Å². The first-order valence-electron chi connectivity index (χ1n) is 9.10. The quantitative estimate of drug-likeness (QED) is 0.476. The van der Waals surface area contributed by atoms with Crippen LogP contribution in [0.3, 0.4) is 0 Å². The number of phenols is 1. The molecule has 4 aromatic carbocycles. The molecule has 0 saturated carbocycles. The first-order valence-corrected chi connectivity index (χ1v) is 9.10. The largest absolute Gasteiger partial charge is 0.507 e. The van der Waals surface area contributed by atoms with Gasteiger partial charge in [0.25, 0.3) is 0 Å². The smallest absolute Gasteiger partial charge is 0.226 e. The molecule has 0 saturated heterocycles. The number of hydrogen-bond donors (Lipinski definition) is 2. The summed E-state index contributed by atoms with van der Waals surface area (Å²) in [6, 6.07) is 23.5. The first-order chi connectivity index (χ1) is 13.1. The van der Waals surface area contributed by atoms with Crippen molar-refractivity contribution in [3.05, 3.63) is 72.8 Å². The summed E-state index contributed by atoms with van der Waals surface area (Å²) in [5, 5.41) is 17.7. The summed E-state index contributed by atoms with van der Waals surface area (Å²) < 4.78 is 0. The molecule has 3 nitrogen and oxygen atoms in total.